The third-order valence-corrected chi connectivity index (χ3v) is 7.68. The molecule has 1 aliphatic rings. The summed E-state index contributed by atoms with van der Waals surface area (Å²) in [7, 11) is -3.36. The van der Waals surface area contributed by atoms with Gasteiger partial charge < -0.3 is 10.1 Å². The Kier molecular flexibility index (Phi) is 6.57. The Bertz CT molecular complexity index is 1090. The number of anilines is 1. The number of aryl methyl sites for hydroxylation is 1. The Hall–Kier alpha value is -2.72. The number of rotatable bonds is 6. The van der Waals surface area contributed by atoms with E-state index < -0.39 is 27.7 Å². The number of hydrogen-bond donors (Lipinski definition) is 2. The van der Waals surface area contributed by atoms with Gasteiger partial charge in [0.15, 0.2) is 9.84 Å². The lowest BCUT2D eigenvalue weighted by Gasteiger charge is -2.09. The van der Waals surface area contributed by atoms with Crippen LogP contribution in [0.2, 0.25) is 0 Å². The van der Waals surface area contributed by atoms with Crippen LogP contribution in [-0.4, -0.2) is 38.7 Å². The zero-order valence-electron chi connectivity index (χ0n) is 16.6. The summed E-state index contributed by atoms with van der Waals surface area (Å²) in [6, 6.07) is 5.63. The van der Waals surface area contributed by atoms with Crippen molar-refractivity contribution >= 4 is 44.1 Å². The van der Waals surface area contributed by atoms with Crippen molar-refractivity contribution in [2.45, 2.75) is 38.0 Å². The van der Waals surface area contributed by atoms with E-state index in [2.05, 4.69) is 10.6 Å². The molecule has 0 aliphatic heterocycles. The van der Waals surface area contributed by atoms with Crippen LogP contribution in [0.4, 0.5) is 9.80 Å². The van der Waals surface area contributed by atoms with Crippen LogP contribution in [0.1, 0.15) is 51.4 Å². The maximum atomic E-state index is 12.7. The van der Waals surface area contributed by atoms with Gasteiger partial charge >= 0.3 is 6.09 Å². The second-order valence-electron chi connectivity index (χ2n) is 6.62. The molecule has 3 amide bonds. The molecule has 0 spiro atoms. The minimum absolute atomic E-state index is 0.0295. The molecule has 0 fully saturated rings. The molecule has 2 N–H and O–H groups in total. The Morgan fingerprint density at radius 2 is 1.77 bits per heavy atom. The largest absolute Gasteiger partial charge is 0.450 e. The van der Waals surface area contributed by atoms with Crippen LogP contribution in [0.25, 0.3) is 0 Å². The van der Waals surface area contributed by atoms with Gasteiger partial charge in [-0.05, 0) is 56.0 Å². The highest BCUT2D eigenvalue weighted by Gasteiger charge is 2.28. The zero-order valence-corrected chi connectivity index (χ0v) is 18.2. The molecule has 0 atom stereocenters. The standard InChI is InChI=1S/C20H22N2O6S2/c1-3-28-20(25)22-18(24)16-14-6-5-7-15(14)29-19(16)21-17(23)12-8-10-13(11-9-12)30(26,27)4-2/h8-11H,3-7H2,1-2H3,(H,21,23)(H,22,24,25). The molecule has 0 radical (unpaired) electrons. The fourth-order valence-electron chi connectivity index (χ4n) is 3.21. The second kappa shape index (κ2) is 8.97. The number of hydrogen-bond acceptors (Lipinski definition) is 7. The summed E-state index contributed by atoms with van der Waals surface area (Å²) in [4.78, 5) is 38.2. The minimum Gasteiger partial charge on any atom is -0.450 e. The van der Waals surface area contributed by atoms with E-state index in [0.29, 0.717) is 11.4 Å². The number of imide groups is 1. The molecule has 1 aromatic carbocycles. The van der Waals surface area contributed by atoms with E-state index in [1.165, 1.54) is 35.6 Å². The fraction of sp³-hybridized carbons (Fsp3) is 0.350. The number of fused-ring (bicyclic) bond motifs is 1. The van der Waals surface area contributed by atoms with Gasteiger partial charge in [0.1, 0.15) is 5.00 Å². The topological polar surface area (TPSA) is 119 Å². The molecular formula is C20H22N2O6S2. The number of alkyl carbamates (subject to hydrolysis) is 1. The Labute approximate surface area is 178 Å². The van der Waals surface area contributed by atoms with E-state index in [1.807, 2.05) is 0 Å². The number of carbonyl (C=O) groups excluding carboxylic acids is 3. The molecule has 10 heteroatoms. The summed E-state index contributed by atoms with van der Waals surface area (Å²) in [5.74, 6) is -1.12. The third-order valence-electron chi connectivity index (χ3n) is 4.72. The normalized spacial score (nSPS) is 12.9. The summed E-state index contributed by atoms with van der Waals surface area (Å²) in [6.45, 7) is 3.32. The number of benzene rings is 1. The lowest BCUT2D eigenvalue weighted by molar-refractivity contribution is 0.0925. The first-order valence-corrected chi connectivity index (χ1v) is 12.0. The van der Waals surface area contributed by atoms with Crippen LogP contribution in [0.5, 0.6) is 0 Å². The number of thiophene rings is 1. The maximum Gasteiger partial charge on any atom is 0.414 e. The van der Waals surface area contributed by atoms with Crippen molar-refractivity contribution in [1.82, 2.24) is 5.32 Å². The van der Waals surface area contributed by atoms with Crippen molar-refractivity contribution in [3.05, 3.63) is 45.8 Å². The van der Waals surface area contributed by atoms with E-state index in [0.717, 1.165) is 23.3 Å². The van der Waals surface area contributed by atoms with Gasteiger partial charge in [-0.15, -0.1) is 11.3 Å². The van der Waals surface area contributed by atoms with Crippen molar-refractivity contribution in [2.24, 2.45) is 0 Å². The monoisotopic (exact) mass is 450 g/mol. The lowest BCUT2D eigenvalue weighted by Crippen LogP contribution is -2.32. The average molecular weight is 451 g/mol. The number of sulfone groups is 1. The molecule has 30 heavy (non-hydrogen) atoms. The molecule has 8 nitrogen and oxygen atoms in total. The highest BCUT2D eigenvalue weighted by atomic mass is 32.2. The fourth-order valence-corrected chi connectivity index (χ4v) is 5.38. The first-order chi connectivity index (χ1) is 14.3. The van der Waals surface area contributed by atoms with Crippen LogP contribution in [0.3, 0.4) is 0 Å². The van der Waals surface area contributed by atoms with Gasteiger partial charge in [0, 0.05) is 10.4 Å². The molecule has 0 saturated carbocycles. The highest BCUT2D eigenvalue weighted by molar-refractivity contribution is 7.91. The quantitative estimate of drug-likeness (QED) is 0.698. The SMILES string of the molecule is CCOC(=O)NC(=O)c1c(NC(=O)c2ccc(S(=O)(=O)CC)cc2)sc2c1CCC2. The molecular weight excluding hydrogens is 428 g/mol. The first-order valence-electron chi connectivity index (χ1n) is 9.53. The van der Waals surface area contributed by atoms with Crippen LogP contribution >= 0.6 is 11.3 Å². The highest BCUT2D eigenvalue weighted by Crippen LogP contribution is 2.39. The van der Waals surface area contributed by atoms with Crippen molar-refractivity contribution in [1.29, 1.82) is 0 Å². The van der Waals surface area contributed by atoms with Gasteiger partial charge in [-0.1, -0.05) is 6.92 Å². The average Bonchev–Trinajstić information content (AvgIpc) is 3.28. The zero-order chi connectivity index (χ0) is 21.9. The van der Waals surface area contributed by atoms with E-state index in [9.17, 15) is 22.8 Å². The van der Waals surface area contributed by atoms with Gasteiger partial charge in [-0.2, -0.15) is 0 Å². The molecule has 3 rings (SSSR count). The number of nitrogens with one attached hydrogen (secondary N) is 2. The summed E-state index contributed by atoms with van der Waals surface area (Å²) in [5.41, 5.74) is 1.37. The lowest BCUT2D eigenvalue weighted by atomic mass is 10.1. The molecule has 2 aromatic rings. The van der Waals surface area contributed by atoms with Crippen LogP contribution < -0.4 is 10.6 Å². The number of amides is 3. The Balaban J connectivity index is 1.84. The van der Waals surface area contributed by atoms with Crippen molar-refractivity contribution in [2.75, 3.05) is 17.7 Å². The summed E-state index contributed by atoms with van der Waals surface area (Å²) < 4.78 is 28.6. The smallest absolute Gasteiger partial charge is 0.414 e. The molecule has 0 bridgehead atoms. The van der Waals surface area contributed by atoms with E-state index >= 15 is 0 Å². The minimum atomic E-state index is -3.36. The Morgan fingerprint density at radius 3 is 2.40 bits per heavy atom. The molecule has 0 unspecified atom stereocenters. The van der Waals surface area contributed by atoms with E-state index in [4.69, 9.17) is 4.74 Å². The number of ether oxygens (including phenoxy) is 1. The van der Waals surface area contributed by atoms with Gasteiger partial charge in [-0.3, -0.25) is 14.9 Å². The van der Waals surface area contributed by atoms with Gasteiger partial charge in [0.2, 0.25) is 0 Å². The molecule has 160 valence electrons. The van der Waals surface area contributed by atoms with Crippen LogP contribution in [-0.2, 0) is 27.4 Å². The predicted molar refractivity (Wildman–Crippen MR) is 113 cm³/mol. The van der Waals surface area contributed by atoms with Crippen molar-refractivity contribution in [3.8, 4) is 0 Å². The molecule has 1 aliphatic carbocycles. The molecule has 1 aromatic heterocycles. The summed E-state index contributed by atoms with van der Waals surface area (Å²) in [6.07, 6.45) is 1.56. The molecule has 0 saturated heterocycles. The number of carbonyl (C=O) groups is 3. The molecule has 1 heterocycles. The van der Waals surface area contributed by atoms with Crippen molar-refractivity contribution in [3.63, 3.8) is 0 Å². The van der Waals surface area contributed by atoms with Gasteiger partial charge in [0.05, 0.1) is 22.8 Å². The van der Waals surface area contributed by atoms with Crippen LogP contribution in [0, 0.1) is 0 Å². The third kappa shape index (κ3) is 4.54. The maximum absolute atomic E-state index is 12.7. The van der Waals surface area contributed by atoms with E-state index in [1.54, 1.807) is 13.8 Å². The summed E-state index contributed by atoms with van der Waals surface area (Å²) >= 11 is 1.31. The Morgan fingerprint density at radius 1 is 1.07 bits per heavy atom. The second-order valence-corrected chi connectivity index (χ2v) is 10.0. The summed E-state index contributed by atoms with van der Waals surface area (Å²) in [5, 5.41) is 5.28. The predicted octanol–water partition coefficient (Wildman–Crippen LogP) is 3.17. The van der Waals surface area contributed by atoms with Crippen LogP contribution in [0.15, 0.2) is 29.2 Å². The first kappa shape index (κ1) is 22.0. The van der Waals surface area contributed by atoms with E-state index in [-0.39, 0.29) is 28.4 Å². The van der Waals surface area contributed by atoms with Crippen molar-refractivity contribution < 1.29 is 27.5 Å². The van der Waals surface area contributed by atoms with Gasteiger partial charge in [0.25, 0.3) is 11.8 Å². The van der Waals surface area contributed by atoms with Gasteiger partial charge in [-0.25, -0.2) is 13.2 Å².